The van der Waals surface area contributed by atoms with Gasteiger partial charge in [0.25, 0.3) is 10.0 Å². The van der Waals surface area contributed by atoms with Gasteiger partial charge in [0, 0.05) is 21.5 Å². The summed E-state index contributed by atoms with van der Waals surface area (Å²) in [5.41, 5.74) is 2.63. The van der Waals surface area contributed by atoms with Crippen molar-refractivity contribution in [1.29, 1.82) is 0 Å². The zero-order valence-corrected chi connectivity index (χ0v) is 22.8. The van der Waals surface area contributed by atoms with E-state index in [9.17, 15) is 17.6 Å². The Morgan fingerprint density at radius 2 is 1.49 bits per heavy atom. The molecule has 1 unspecified atom stereocenters. The third kappa shape index (κ3) is 6.72. The Labute approximate surface area is 234 Å². The maximum Gasteiger partial charge on any atom is 0.261 e. The lowest BCUT2D eigenvalue weighted by molar-refractivity contribution is -0.115. The Morgan fingerprint density at radius 1 is 0.846 bits per heavy atom. The first-order valence-corrected chi connectivity index (χ1v) is 15.0. The number of rotatable bonds is 9. The number of anilines is 2. The first-order valence-electron chi connectivity index (χ1n) is 11.8. The minimum Gasteiger partial charge on any atom is -0.301 e. The molecule has 0 aliphatic heterocycles. The van der Waals surface area contributed by atoms with E-state index in [1.165, 1.54) is 47.4 Å². The van der Waals surface area contributed by atoms with E-state index < -0.39 is 15.3 Å². The van der Waals surface area contributed by atoms with E-state index in [1.54, 1.807) is 54.6 Å². The average Bonchev–Trinajstić information content (AvgIpc) is 3.42. The van der Waals surface area contributed by atoms with Crippen molar-refractivity contribution < 1.29 is 17.6 Å². The molecule has 0 spiro atoms. The second-order valence-electron chi connectivity index (χ2n) is 8.39. The number of amides is 1. The van der Waals surface area contributed by atoms with E-state index in [2.05, 4.69) is 15.0 Å². The molecule has 6 nitrogen and oxygen atoms in total. The summed E-state index contributed by atoms with van der Waals surface area (Å²) >= 11 is 2.63. The fourth-order valence-corrected chi connectivity index (χ4v) is 6.53. The molecule has 0 saturated heterocycles. The lowest BCUT2D eigenvalue weighted by Gasteiger charge is -2.16. The number of benzene rings is 4. The Kier molecular flexibility index (Phi) is 8.06. The van der Waals surface area contributed by atoms with Gasteiger partial charge in [-0.3, -0.25) is 9.52 Å². The van der Waals surface area contributed by atoms with E-state index in [1.807, 2.05) is 35.7 Å². The van der Waals surface area contributed by atoms with E-state index in [0.29, 0.717) is 16.5 Å². The van der Waals surface area contributed by atoms with Crippen LogP contribution < -0.4 is 10.0 Å². The summed E-state index contributed by atoms with van der Waals surface area (Å²) in [5.74, 6) is -0.577. The molecule has 0 saturated carbocycles. The predicted octanol–water partition coefficient (Wildman–Crippen LogP) is 7.22. The van der Waals surface area contributed by atoms with E-state index in [4.69, 9.17) is 0 Å². The number of carbonyl (C=O) groups excluding carboxylic acids is 1. The molecular weight excluding hydrogens is 554 g/mol. The third-order valence-corrected chi connectivity index (χ3v) is 9.05. The van der Waals surface area contributed by atoms with Gasteiger partial charge >= 0.3 is 0 Å². The normalized spacial score (nSPS) is 12.0. The van der Waals surface area contributed by atoms with Crippen LogP contribution in [0.1, 0.15) is 10.8 Å². The van der Waals surface area contributed by atoms with Crippen LogP contribution in [0.5, 0.6) is 0 Å². The average molecular weight is 576 g/mol. The molecule has 1 atom stereocenters. The Hall–Kier alpha value is -3.99. The number of halogens is 1. The summed E-state index contributed by atoms with van der Waals surface area (Å²) in [6, 6.07) is 30.4. The van der Waals surface area contributed by atoms with Crippen LogP contribution >= 0.6 is 23.1 Å². The van der Waals surface area contributed by atoms with Crippen molar-refractivity contribution in [3.05, 3.63) is 126 Å². The van der Waals surface area contributed by atoms with Crippen LogP contribution in [0.4, 0.5) is 15.2 Å². The SMILES string of the molecule is O=C(Nc1nc(-c2ccc(F)cc2)cs1)C(Sc1ccc(NS(=O)(=O)c2ccccc2)cc1)c1ccccc1. The van der Waals surface area contributed by atoms with Gasteiger partial charge in [-0.1, -0.05) is 48.5 Å². The monoisotopic (exact) mass is 575 g/mol. The molecule has 4 aromatic carbocycles. The summed E-state index contributed by atoms with van der Waals surface area (Å²) in [5, 5.41) is 4.56. The highest BCUT2D eigenvalue weighted by Gasteiger charge is 2.23. The summed E-state index contributed by atoms with van der Waals surface area (Å²) in [4.78, 5) is 18.9. The van der Waals surface area contributed by atoms with Crippen LogP contribution in [-0.2, 0) is 14.8 Å². The van der Waals surface area contributed by atoms with Crippen molar-refractivity contribution >= 4 is 49.8 Å². The number of thioether (sulfide) groups is 1. The maximum absolute atomic E-state index is 13.4. The Morgan fingerprint density at radius 3 is 2.15 bits per heavy atom. The highest BCUT2D eigenvalue weighted by molar-refractivity contribution is 8.00. The van der Waals surface area contributed by atoms with E-state index in [0.717, 1.165) is 16.0 Å². The minimum atomic E-state index is -3.71. The fourth-order valence-electron chi connectivity index (χ4n) is 3.71. The number of nitrogens with one attached hydrogen (secondary N) is 2. The predicted molar refractivity (Wildman–Crippen MR) is 155 cm³/mol. The number of carbonyl (C=O) groups is 1. The quantitative estimate of drug-likeness (QED) is 0.181. The fraction of sp³-hybridized carbons (Fsp3) is 0.0345. The van der Waals surface area contributed by atoms with Gasteiger partial charge in [-0.15, -0.1) is 23.1 Å². The van der Waals surface area contributed by atoms with E-state index >= 15 is 0 Å². The largest absolute Gasteiger partial charge is 0.301 e. The zero-order valence-electron chi connectivity index (χ0n) is 20.3. The molecule has 5 aromatic rings. The molecule has 0 fully saturated rings. The van der Waals surface area contributed by atoms with E-state index in [-0.39, 0.29) is 16.6 Å². The van der Waals surface area contributed by atoms with Crippen molar-refractivity contribution in [2.45, 2.75) is 15.0 Å². The molecule has 0 aliphatic rings. The van der Waals surface area contributed by atoms with Crippen LogP contribution in [0.25, 0.3) is 11.3 Å². The van der Waals surface area contributed by atoms with Crippen molar-refractivity contribution in [3.8, 4) is 11.3 Å². The molecule has 1 aromatic heterocycles. The van der Waals surface area contributed by atoms with Crippen molar-refractivity contribution in [2.75, 3.05) is 10.0 Å². The molecule has 10 heteroatoms. The Bertz CT molecular complexity index is 1660. The minimum absolute atomic E-state index is 0.175. The summed E-state index contributed by atoms with van der Waals surface area (Å²) in [7, 11) is -3.71. The Balaban J connectivity index is 1.31. The lowest BCUT2D eigenvalue weighted by atomic mass is 10.1. The van der Waals surface area contributed by atoms with Gasteiger partial charge in [-0.2, -0.15) is 0 Å². The lowest BCUT2D eigenvalue weighted by Crippen LogP contribution is -2.19. The molecule has 2 N–H and O–H groups in total. The third-order valence-electron chi connectivity index (χ3n) is 5.63. The summed E-state index contributed by atoms with van der Waals surface area (Å²) < 4.78 is 41.1. The topological polar surface area (TPSA) is 88.2 Å². The van der Waals surface area contributed by atoms with Crippen LogP contribution in [-0.4, -0.2) is 19.3 Å². The number of nitrogens with zero attached hydrogens (tertiary/aromatic N) is 1. The smallest absolute Gasteiger partial charge is 0.261 e. The van der Waals surface area contributed by atoms with Crippen LogP contribution in [0.2, 0.25) is 0 Å². The summed E-state index contributed by atoms with van der Waals surface area (Å²) in [6.45, 7) is 0. The highest BCUT2D eigenvalue weighted by atomic mass is 32.2. The first kappa shape index (κ1) is 26.6. The van der Waals surface area contributed by atoms with Gasteiger partial charge in [0.1, 0.15) is 11.1 Å². The molecular formula is C29H22FN3O3S3. The number of thiazole rings is 1. The van der Waals surface area contributed by atoms with Crippen molar-refractivity contribution in [1.82, 2.24) is 4.98 Å². The number of hydrogen-bond acceptors (Lipinski definition) is 6. The van der Waals surface area contributed by atoms with Gasteiger partial charge in [0.2, 0.25) is 5.91 Å². The second-order valence-corrected chi connectivity index (χ2v) is 12.1. The molecule has 39 heavy (non-hydrogen) atoms. The van der Waals surface area contributed by atoms with Gasteiger partial charge in [0.05, 0.1) is 10.6 Å². The standard InChI is InChI=1S/C29H22FN3O3S3/c30-22-13-11-20(12-14-22)26-19-37-29(31-26)32-28(34)27(21-7-3-1-4-8-21)38-24-17-15-23(16-18-24)33-39(35,36)25-9-5-2-6-10-25/h1-19,27,33H,(H,31,32,34). The van der Waals surface area contributed by atoms with Crippen molar-refractivity contribution in [2.24, 2.45) is 0 Å². The molecule has 0 radical (unpaired) electrons. The van der Waals surface area contributed by atoms with Crippen LogP contribution in [0.3, 0.4) is 0 Å². The van der Waals surface area contributed by atoms with Crippen LogP contribution in [0, 0.1) is 5.82 Å². The maximum atomic E-state index is 13.4. The van der Waals surface area contributed by atoms with Crippen LogP contribution in [0.15, 0.2) is 124 Å². The number of aromatic nitrogens is 1. The molecule has 0 aliphatic carbocycles. The van der Waals surface area contributed by atoms with Gasteiger partial charge < -0.3 is 5.32 Å². The molecule has 0 bridgehead atoms. The first-order chi connectivity index (χ1) is 18.9. The number of sulfonamides is 1. The summed E-state index contributed by atoms with van der Waals surface area (Å²) in [6.07, 6.45) is 0. The van der Waals surface area contributed by atoms with Gasteiger partial charge in [0.15, 0.2) is 5.13 Å². The zero-order chi connectivity index (χ0) is 27.2. The number of hydrogen-bond donors (Lipinski definition) is 2. The van der Waals surface area contributed by atoms with Gasteiger partial charge in [-0.05, 0) is 66.2 Å². The molecule has 196 valence electrons. The molecule has 1 heterocycles. The highest BCUT2D eigenvalue weighted by Crippen LogP contribution is 2.37. The second kappa shape index (κ2) is 11.8. The molecule has 5 rings (SSSR count). The van der Waals surface area contributed by atoms with Crippen molar-refractivity contribution in [3.63, 3.8) is 0 Å². The van der Waals surface area contributed by atoms with Gasteiger partial charge in [-0.25, -0.2) is 17.8 Å². The molecule has 1 amide bonds.